The van der Waals surface area contributed by atoms with Crippen molar-refractivity contribution in [3.05, 3.63) is 89.8 Å². The molecule has 3 aromatic carbocycles. The van der Waals surface area contributed by atoms with Crippen LogP contribution >= 0.6 is 23.4 Å². The molecule has 2 aromatic heterocycles. The van der Waals surface area contributed by atoms with Crippen LogP contribution in [0.1, 0.15) is 5.89 Å². The van der Waals surface area contributed by atoms with E-state index < -0.39 is 0 Å². The summed E-state index contributed by atoms with van der Waals surface area (Å²) in [7, 11) is 1.64. The Labute approximate surface area is 199 Å². The standard InChI is InChI=1S/C24H18ClN5O2S/c1-31-18-13-11-17(12-14-18)30-22(19-9-5-6-10-20(19)25)27-29-24(30)33-15-21-26-28-23(32-21)16-7-3-2-4-8-16/h2-14H,15H2,1H3. The minimum absolute atomic E-state index is 0.441. The SMILES string of the molecule is COc1ccc(-n2c(SCc3nnc(-c4ccccc4)o3)nnc2-c2ccccc2Cl)cc1. The lowest BCUT2D eigenvalue weighted by molar-refractivity contribution is 0.414. The number of hydrogen-bond acceptors (Lipinski definition) is 7. The molecule has 33 heavy (non-hydrogen) atoms. The van der Waals surface area contributed by atoms with Crippen LogP contribution in [0.5, 0.6) is 5.75 Å². The first-order chi connectivity index (χ1) is 16.2. The van der Waals surface area contributed by atoms with Gasteiger partial charge in [-0.1, -0.05) is 53.7 Å². The van der Waals surface area contributed by atoms with Gasteiger partial charge in [0.05, 0.1) is 17.9 Å². The Morgan fingerprint density at radius 3 is 2.39 bits per heavy atom. The van der Waals surface area contributed by atoms with E-state index in [1.54, 1.807) is 7.11 Å². The van der Waals surface area contributed by atoms with E-state index in [0.29, 0.717) is 33.5 Å². The molecule has 0 unspecified atom stereocenters. The van der Waals surface area contributed by atoms with Gasteiger partial charge in [0.1, 0.15) is 5.75 Å². The maximum Gasteiger partial charge on any atom is 0.247 e. The second kappa shape index (κ2) is 9.48. The number of rotatable bonds is 7. The van der Waals surface area contributed by atoms with E-state index in [1.807, 2.05) is 83.4 Å². The molecule has 0 aliphatic heterocycles. The van der Waals surface area contributed by atoms with Gasteiger partial charge in [-0.3, -0.25) is 4.57 Å². The van der Waals surface area contributed by atoms with Gasteiger partial charge < -0.3 is 9.15 Å². The summed E-state index contributed by atoms with van der Waals surface area (Å²) in [4.78, 5) is 0. The molecule has 0 atom stereocenters. The van der Waals surface area contributed by atoms with Gasteiger partial charge in [0.2, 0.25) is 11.8 Å². The van der Waals surface area contributed by atoms with E-state index in [1.165, 1.54) is 11.8 Å². The van der Waals surface area contributed by atoms with Gasteiger partial charge in [0, 0.05) is 16.8 Å². The molecule has 0 fully saturated rings. The van der Waals surface area contributed by atoms with E-state index in [4.69, 9.17) is 20.8 Å². The first-order valence-corrected chi connectivity index (χ1v) is 11.4. The fourth-order valence-electron chi connectivity index (χ4n) is 3.28. The molecule has 164 valence electrons. The van der Waals surface area contributed by atoms with Crippen molar-refractivity contribution in [1.29, 1.82) is 0 Å². The van der Waals surface area contributed by atoms with Crippen molar-refractivity contribution in [2.75, 3.05) is 7.11 Å². The van der Waals surface area contributed by atoms with E-state index >= 15 is 0 Å². The van der Waals surface area contributed by atoms with Gasteiger partial charge in [-0.25, -0.2) is 0 Å². The molecule has 0 saturated carbocycles. The van der Waals surface area contributed by atoms with Crippen LogP contribution in [-0.2, 0) is 5.75 Å². The van der Waals surface area contributed by atoms with Crippen LogP contribution in [-0.4, -0.2) is 32.1 Å². The topological polar surface area (TPSA) is 78.9 Å². The van der Waals surface area contributed by atoms with Crippen LogP contribution in [0, 0.1) is 0 Å². The monoisotopic (exact) mass is 475 g/mol. The fourth-order valence-corrected chi connectivity index (χ4v) is 4.29. The van der Waals surface area contributed by atoms with Crippen LogP contribution in [0.3, 0.4) is 0 Å². The molecule has 0 aliphatic rings. The first kappa shape index (κ1) is 21.2. The molecule has 5 aromatic rings. The largest absolute Gasteiger partial charge is 0.497 e. The molecule has 2 heterocycles. The highest BCUT2D eigenvalue weighted by Gasteiger charge is 2.19. The third kappa shape index (κ3) is 4.48. The summed E-state index contributed by atoms with van der Waals surface area (Å²) in [5, 5.41) is 18.5. The molecule has 0 bridgehead atoms. The summed E-state index contributed by atoms with van der Waals surface area (Å²) < 4.78 is 13.1. The van der Waals surface area contributed by atoms with Gasteiger partial charge in [-0.05, 0) is 48.5 Å². The molecule has 9 heteroatoms. The summed E-state index contributed by atoms with van der Waals surface area (Å²) in [6.45, 7) is 0. The van der Waals surface area contributed by atoms with Crippen LogP contribution in [0.25, 0.3) is 28.5 Å². The Morgan fingerprint density at radius 1 is 0.879 bits per heavy atom. The summed E-state index contributed by atoms with van der Waals surface area (Å²) in [5.74, 6) is 2.84. The van der Waals surface area contributed by atoms with Crippen LogP contribution < -0.4 is 4.74 Å². The van der Waals surface area contributed by atoms with Crippen molar-refractivity contribution < 1.29 is 9.15 Å². The minimum atomic E-state index is 0.441. The van der Waals surface area contributed by atoms with Gasteiger partial charge >= 0.3 is 0 Å². The second-order valence-corrected chi connectivity index (χ2v) is 8.32. The van der Waals surface area contributed by atoms with Crippen molar-refractivity contribution >= 4 is 23.4 Å². The molecular formula is C24H18ClN5O2S. The minimum Gasteiger partial charge on any atom is -0.497 e. The highest BCUT2D eigenvalue weighted by atomic mass is 35.5. The number of aromatic nitrogens is 5. The average Bonchev–Trinajstić information content (AvgIpc) is 3.51. The number of nitrogens with zero attached hydrogens (tertiary/aromatic N) is 5. The van der Waals surface area contributed by atoms with Gasteiger partial charge in [0.25, 0.3) is 0 Å². The Bertz CT molecular complexity index is 1370. The zero-order valence-electron chi connectivity index (χ0n) is 17.6. The second-order valence-electron chi connectivity index (χ2n) is 6.98. The molecule has 0 spiro atoms. The zero-order chi connectivity index (χ0) is 22.6. The Morgan fingerprint density at radius 2 is 1.64 bits per heavy atom. The maximum atomic E-state index is 6.47. The molecular weight excluding hydrogens is 458 g/mol. The smallest absolute Gasteiger partial charge is 0.247 e. The Balaban J connectivity index is 1.47. The predicted molar refractivity (Wildman–Crippen MR) is 128 cm³/mol. The Kier molecular flexibility index (Phi) is 6.10. The van der Waals surface area contributed by atoms with Gasteiger partial charge in [0.15, 0.2) is 11.0 Å². The van der Waals surface area contributed by atoms with Crippen LogP contribution in [0.2, 0.25) is 5.02 Å². The number of halogens is 1. The van der Waals surface area contributed by atoms with Crippen molar-refractivity contribution in [3.63, 3.8) is 0 Å². The van der Waals surface area contributed by atoms with E-state index in [0.717, 1.165) is 22.6 Å². The lowest BCUT2D eigenvalue weighted by Crippen LogP contribution is -2.00. The average molecular weight is 476 g/mol. The number of ether oxygens (including phenoxy) is 1. The third-order valence-electron chi connectivity index (χ3n) is 4.89. The first-order valence-electron chi connectivity index (χ1n) is 10.1. The van der Waals surface area contributed by atoms with Gasteiger partial charge in [-0.15, -0.1) is 20.4 Å². The van der Waals surface area contributed by atoms with E-state index in [2.05, 4.69) is 20.4 Å². The zero-order valence-corrected chi connectivity index (χ0v) is 19.1. The highest BCUT2D eigenvalue weighted by Crippen LogP contribution is 2.33. The predicted octanol–water partition coefficient (Wildman–Crippen LogP) is 5.94. The molecule has 0 radical (unpaired) electrons. The summed E-state index contributed by atoms with van der Waals surface area (Å²) in [6, 6.07) is 24.9. The lowest BCUT2D eigenvalue weighted by Gasteiger charge is -2.11. The molecule has 7 nitrogen and oxygen atoms in total. The van der Waals surface area contributed by atoms with Crippen molar-refractivity contribution in [3.8, 4) is 34.3 Å². The van der Waals surface area contributed by atoms with E-state index in [9.17, 15) is 0 Å². The lowest BCUT2D eigenvalue weighted by atomic mass is 10.2. The number of hydrogen-bond donors (Lipinski definition) is 0. The van der Waals surface area contributed by atoms with Gasteiger partial charge in [-0.2, -0.15) is 0 Å². The number of methoxy groups -OCH3 is 1. The van der Waals surface area contributed by atoms with Crippen LogP contribution in [0.15, 0.2) is 88.4 Å². The summed E-state index contributed by atoms with van der Waals surface area (Å²) >= 11 is 7.92. The normalized spacial score (nSPS) is 11.0. The molecule has 0 saturated heterocycles. The molecule has 5 rings (SSSR count). The number of thioether (sulfide) groups is 1. The number of benzene rings is 3. The molecule has 0 N–H and O–H groups in total. The van der Waals surface area contributed by atoms with E-state index in [-0.39, 0.29) is 0 Å². The molecule has 0 aliphatic carbocycles. The van der Waals surface area contributed by atoms with Crippen molar-refractivity contribution in [2.45, 2.75) is 10.9 Å². The summed E-state index contributed by atoms with van der Waals surface area (Å²) in [5.41, 5.74) is 2.55. The third-order valence-corrected chi connectivity index (χ3v) is 6.13. The quantitative estimate of drug-likeness (QED) is 0.269. The van der Waals surface area contributed by atoms with Crippen molar-refractivity contribution in [1.82, 2.24) is 25.0 Å². The van der Waals surface area contributed by atoms with Crippen LogP contribution in [0.4, 0.5) is 0 Å². The highest BCUT2D eigenvalue weighted by molar-refractivity contribution is 7.98. The van der Waals surface area contributed by atoms with Crippen molar-refractivity contribution in [2.24, 2.45) is 0 Å². The summed E-state index contributed by atoms with van der Waals surface area (Å²) in [6.07, 6.45) is 0. The maximum absolute atomic E-state index is 6.47. The molecule has 0 amide bonds. The fraction of sp³-hybridized carbons (Fsp3) is 0.0833. The Hall–Kier alpha value is -3.62.